The molecule has 7 heteroatoms. The molecule has 0 aliphatic heterocycles. The van der Waals surface area contributed by atoms with E-state index in [9.17, 15) is 4.79 Å². The average Bonchev–Trinajstić information content (AvgIpc) is 3.09. The lowest BCUT2D eigenvalue weighted by Crippen LogP contribution is -2.14. The fourth-order valence-electron chi connectivity index (χ4n) is 2.57. The zero-order valence-corrected chi connectivity index (χ0v) is 15.6. The van der Waals surface area contributed by atoms with Crippen LogP contribution in [0.4, 0.5) is 0 Å². The van der Waals surface area contributed by atoms with E-state index >= 15 is 0 Å². The van der Waals surface area contributed by atoms with Crippen molar-refractivity contribution in [1.29, 1.82) is 0 Å². The third-order valence-electron chi connectivity index (χ3n) is 3.75. The van der Waals surface area contributed by atoms with Crippen molar-refractivity contribution in [2.45, 2.75) is 18.2 Å². The van der Waals surface area contributed by atoms with Crippen LogP contribution in [-0.4, -0.2) is 26.4 Å². The molecule has 0 bridgehead atoms. The monoisotopic (exact) mass is 380 g/mol. The molecule has 3 aromatic rings. The van der Waals surface area contributed by atoms with Crippen molar-refractivity contribution in [3.8, 4) is 11.4 Å². The third-order valence-corrected chi connectivity index (χ3v) is 4.70. The molecule has 3 rings (SSSR count). The summed E-state index contributed by atoms with van der Waals surface area (Å²) in [6.07, 6.45) is 2.56. The molecule has 0 spiro atoms. The summed E-state index contributed by atoms with van der Waals surface area (Å²) in [6.45, 7) is 4.03. The van der Waals surface area contributed by atoms with E-state index in [0.29, 0.717) is 11.0 Å². The van der Waals surface area contributed by atoms with Gasteiger partial charge in [-0.1, -0.05) is 54.2 Å². The number of para-hydroxylation sites is 2. The molecular weight excluding hydrogens is 360 g/mol. The molecule has 0 unspecified atom stereocenters. The largest absolute Gasteiger partial charge is 0.485 e. The second-order valence-corrected chi connectivity index (χ2v) is 6.66. The Morgan fingerprint density at radius 3 is 2.63 bits per heavy atom. The first-order chi connectivity index (χ1) is 13.2. The number of primary amides is 1. The van der Waals surface area contributed by atoms with Gasteiger partial charge in [-0.05, 0) is 30.2 Å². The number of hydrogen-bond donors (Lipinski definition) is 1. The van der Waals surface area contributed by atoms with Crippen molar-refractivity contribution in [3.63, 3.8) is 0 Å². The molecule has 1 aromatic heterocycles. The number of thioether (sulfide) groups is 1. The Morgan fingerprint density at radius 2 is 1.89 bits per heavy atom. The van der Waals surface area contributed by atoms with Gasteiger partial charge in [-0.25, -0.2) is 0 Å². The number of allylic oxidation sites excluding steroid dienone is 1. The number of aromatic nitrogens is 3. The number of nitrogens with two attached hydrogens (primary N) is 1. The smallest absolute Gasteiger partial charge is 0.227 e. The number of rotatable bonds is 9. The van der Waals surface area contributed by atoms with E-state index in [2.05, 4.69) is 16.8 Å². The molecule has 1 amide bonds. The summed E-state index contributed by atoms with van der Waals surface area (Å²) in [6, 6.07) is 17.5. The normalized spacial score (nSPS) is 10.5. The van der Waals surface area contributed by atoms with E-state index in [4.69, 9.17) is 10.5 Å². The molecule has 0 atom stereocenters. The van der Waals surface area contributed by atoms with Gasteiger partial charge in [0.05, 0.1) is 5.75 Å². The molecule has 0 aliphatic carbocycles. The van der Waals surface area contributed by atoms with Gasteiger partial charge in [0, 0.05) is 5.69 Å². The van der Waals surface area contributed by atoms with Gasteiger partial charge in [-0.2, -0.15) is 0 Å². The van der Waals surface area contributed by atoms with Crippen LogP contribution in [0.15, 0.2) is 72.4 Å². The SMILES string of the molecule is C=CCc1ccccc1OCc1nnc(SCC(N)=O)n1-c1ccccc1. The minimum absolute atomic E-state index is 0.133. The Balaban J connectivity index is 1.87. The van der Waals surface area contributed by atoms with Gasteiger partial charge in [-0.3, -0.25) is 9.36 Å². The quantitative estimate of drug-likeness (QED) is 0.455. The number of benzene rings is 2. The predicted molar refractivity (Wildman–Crippen MR) is 106 cm³/mol. The van der Waals surface area contributed by atoms with Crippen LogP contribution in [0.25, 0.3) is 5.69 Å². The van der Waals surface area contributed by atoms with E-state index in [0.717, 1.165) is 23.4 Å². The van der Waals surface area contributed by atoms with Crippen molar-refractivity contribution in [2.75, 3.05) is 5.75 Å². The highest BCUT2D eigenvalue weighted by molar-refractivity contribution is 7.99. The summed E-state index contributed by atoms with van der Waals surface area (Å²) in [4.78, 5) is 11.1. The standard InChI is InChI=1S/C20H20N4O2S/c1-2-8-15-9-6-7-12-17(15)26-13-19-22-23-20(27-14-18(21)25)24(19)16-10-4-3-5-11-16/h2-7,9-12H,1,8,13-14H2,(H2,21,25). The fraction of sp³-hybridized carbons (Fsp3) is 0.150. The molecule has 0 fully saturated rings. The van der Waals surface area contributed by atoms with Gasteiger partial charge >= 0.3 is 0 Å². The minimum Gasteiger partial charge on any atom is -0.485 e. The molecule has 0 radical (unpaired) electrons. The third kappa shape index (κ3) is 4.77. The first-order valence-corrected chi connectivity index (χ1v) is 9.40. The van der Waals surface area contributed by atoms with Gasteiger partial charge < -0.3 is 10.5 Å². The van der Waals surface area contributed by atoms with Crippen molar-refractivity contribution in [1.82, 2.24) is 14.8 Å². The summed E-state index contributed by atoms with van der Waals surface area (Å²) >= 11 is 1.25. The fourth-order valence-corrected chi connectivity index (χ4v) is 3.28. The summed E-state index contributed by atoms with van der Waals surface area (Å²) in [5.41, 5.74) is 7.22. The Kier molecular flexibility index (Phi) is 6.27. The molecule has 27 heavy (non-hydrogen) atoms. The van der Waals surface area contributed by atoms with E-state index in [1.54, 1.807) is 0 Å². The van der Waals surface area contributed by atoms with Gasteiger partial charge in [0.2, 0.25) is 5.91 Å². The van der Waals surface area contributed by atoms with Gasteiger partial charge in [0.25, 0.3) is 0 Å². The molecule has 0 aliphatic rings. The molecule has 138 valence electrons. The maximum atomic E-state index is 11.1. The zero-order valence-electron chi connectivity index (χ0n) is 14.7. The number of nitrogens with zero attached hydrogens (tertiary/aromatic N) is 3. The molecule has 2 N–H and O–H groups in total. The molecule has 0 saturated heterocycles. The minimum atomic E-state index is -0.404. The number of carbonyl (C=O) groups excluding carboxylic acids is 1. The summed E-state index contributed by atoms with van der Waals surface area (Å²) in [5, 5.41) is 9.06. The Morgan fingerprint density at radius 1 is 1.15 bits per heavy atom. The highest BCUT2D eigenvalue weighted by atomic mass is 32.2. The Bertz CT molecular complexity index is 925. The van der Waals surface area contributed by atoms with Crippen molar-refractivity contribution < 1.29 is 9.53 Å². The summed E-state index contributed by atoms with van der Waals surface area (Å²) in [5.74, 6) is 1.15. The number of hydrogen-bond acceptors (Lipinski definition) is 5. The van der Waals surface area contributed by atoms with E-state index in [1.165, 1.54) is 11.8 Å². The lowest BCUT2D eigenvalue weighted by molar-refractivity contribution is -0.115. The van der Waals surface area contributed by atoms with Crippen molar-refractivity contribution in [2.24, 2.45) is 5.73 Å². The highest BCUT2D eigenvalue weighted by Crippen LogP contribution is 2.24. The number of carbonyl (C=O) groups is 1. The van der Waals surface area contributed by atoms with E-state index in [-0.39, 0.29) is 12.4 Å². The molecule has 0 saturated carbocycles. The molecule has 1 heterocycles. The lowest BCUT2D eigenvalue weighted by atomic mass is 10.1. The van der Waals surface area contributed by atoms with Crippen LogP contribution in [0.5, 0.6) is 5.75 Å². The summed E-state index contributed by atoms with van der Waals surface area (Å²) < 4.78 is 7.88. The van der Waals surface area contributed by atoms with Crippen LogP contribution < -0.4 is 10.5 Å². The second kappa shape index (κ2) is 9.05. The van der Waals surface area contributed by atoms with Crippen LogP contribution in [0, 0.1) is 0 Å². The van der Waals surface area contributed by atoms with Crippen LogP contribution in [0.2, 0.25) is 0 Å². The highest BCUT2D eigenvalue weighted by Gasteiger charge is 2.16. The maximum Gasteiger partial charge on any atom is 0.227 e. The number of amides is 1. The van der Waals surface area contributed by atoms with Crippen LogP contribution >= 0.6 is 11.8 Å². The first kappa shape index (κ1) is 18.7. The summed E-state index contributed by atoms with van der Waals surface area (Å²) in [7, 11) is 0. The van der Waals surface area contributed by atoms with Crippen LogP contribution in [0.1, 0.15) is 11.4 Å². The molecule has 2 aromatic carbocycles. The average molecular weight is 380 g/mol. The van der Waals surface area contributed by atoms with Crippen molar-refractivity contribution >= 4 is 17.7 Å². The van der Waals surface area contributed by atoms with Crippen LogP contribution in [-0.2, 0) is 17.8 Å². The molecular formula is C20H20N4O2S. The van der Waals surface area contributed by atoms with Gasteiger partial charge in [0.15, 0.2) is 11.0 Å². The van der Waals surface area contributed by atoms with Gasteiger partial charge in [-0.15, -0.1) is 16.8 Å². The van der Waals surface area contributed by atoms with Gasteiger partial charge in [0.1, 0.15) is 12.4 Å². The zero-order chi connectivity index (χ0) is 19.1. The maximum absolute atomic E-state index is 11.1. The van der Waals surface area contributed by atoms with E-state index < -0.39 is 5.91 Å². The Hall–Kier alpha value is -3.06. The van der Waals surface area contributed by atoms with Crippen LogP contribution in [0.3, 0.4) is 0 Å². The topological polar surface area (TPSA) is 83.0 Å². The number of ether oxygens (including phenoxy) is 1. The van der Waals surface area contributed by atoms with E-state index in [1.807, 2.05) is 65.2 Å². The second-order valence-electron chi connectivity index (χ2n) is 5.71. The predicted octanol–water partition coefficient (Wildman–Crippen LogP) is 3.15. The Labute approximate surface area is 162 Å². The molecule has 6 nitrogen and oxygen atoms in total. The first-order valence-electron chi connectivity index (χ1n) is 8.41. The lowest BCUT2D eigenvalue weighted by Gasteiger charge is -2.12. The van der Waals surface area contributed by atoms with Crippen molar-refractivity contribution in [3.05, 3.63) is 78.6 Å².